The molecule has 6 heteroatoms. The van der Waals surface area contributed by atoms with E-state index in [1.165, 1.54) is 5.56 Å². The van der Waals surface area contributed by atoms with E-state index in [1.54, 1.807) is 0 Å². The largest absolute Gasteiger partial charge is 0.419 e. The molecular formula is C17H24N4O2. The molecular weight excluding hydrogens is 292 g/mol. The van der Waals surface area contributed by atoms with Gasteiger partial charge in [-0.05, 0) is 26.0 Å². The van der Waals surface area contributed by atoms with E-state index in [1.807, 2.05) is 12.1 Å². The van der Waals surface area contributed by atoms with Gasteiger partial charge in [-0.1, -0.05) is 17.7 Å². The van der Waals surface area contributed by atoms with Crippen LogP contribution in [-0.2, 0) is 0 Å². The molecule has 124 valence electrons. The lowest BCUT2D eigenvalue weighted by molar-refractivity contribution is 0.0802. The van der Waals surface area contributed by atoms with Crippen molar-refractivity contribution in [2.45, 2.75) is 19.9 Å². The summed E-state index contributed by atoms with van der Waals surface area (Å²) in [6.07, 6.45) is 0. The van der Waals surface area contributed by atoms with E-state index in [4.69, 9.17) is 9.52 Å². The summed E-state index contributed by atoms with van der Waals surface area (Å²) < 4.78 is 5.90. The monoisotopic (exact) mass is 316 g/mol. The van der Waals surface area contributed by atoms with Gasteiger partial charge in [-0.25, -0.2) is 0 Å². The summed E-state index contributed by atoms with van der Waals surface area (Å²) in [5, 5.41) is 17.5. The second-order valence-corrected chi connectivity index (χ2v) is 6.09. The minimum Gasteiger partial charge on any atom is -0.419 e. The van der Waals surface area contributed by atoms with Gasteiger partial charge < -0.3 is 9.52 Å². The zero-order valence-electron chi connectivity index (χ0n) is 13.8. The number of aliphatic hydroxyl groups excluding tert-OH is 1. The fraction of sp³-hybridized carbons (Fsp3) is 0.529. The van der Waals surface area contributed by atoms with Crippen LogP contribution in [0.5, 0.6) is 0 Å². The minimum absolute atomic E-state index is 0.109. The zero-order valence-corrected chi connectivity index (χ0v) is 13.8. The van der Waals surface area contributed by atoms with E-state index >= 15 is 0 Å². The van der Waals surface area contributed by atoms with Crippen LogP contribution >= 0.6 is 0 Å². The van der Waals surface area contributed by atoms with Gasteiger partial charge in [0.15, 0.2) is 0 Å². The van der Waals surface area contributed by atoms with Gasteiger partial charge in [-0.15, -0.1) is 10.2 Å². The van der Waals surface area contributed by atoms with Gasteiger partial charge in [0.25, 0.3) is 0 Å². The molecule has 1 aromatic heterocycles. The summed E-state index contributed by atoms with van der Waals surface area (Å²) in [7, 11) is 0. The summed E-state index contributed by atoms with van der Waals surface area (Å²) in [5.41, 5.74) is 2.14. The van der Waals surface area contributed by atoms with E-state index in [9.17, 15) is 0 Å². The zero-order chi connectivity index (χ0) is 16.2. The standard InChI is InChI=1S/C17H24N4O2/c1-13-4-3-5-15(12-13)17-19-18-16(23-17)14(2)21-8-6-20(7-9-21)10-11-22/h3-5,12,14,22H,6-11H2,1-2H3/t14-/m0/s1. The molecule has 0 aliphatic carbocycles. The smallest absolute Gasteiger partial charge is 0.247 e. The SMILES string of the molecule is Cc1cccc(-c2nnc([C@H](C)N3CCN(CCO)CC3)o2)c1. The molecule has 6 nitrogen and oxygen atoms in total. The van der Waals surface area contributed by atoms with Gasteiger partial charge in [-0.3, -0.25) is 9.80 Å². The fourth-order valence-corrected chi connectivity index (χ4v) is 2.97. The van der Waals surface area contributed by atoms with Gasteiger partial charge >= 0.3 is 0 Å². The van der Waals surface area contributed by atoms with Crippen molar-refractivity contribution >= 4 is 0 Å². The number of piperazine rings is 1. The molecule has 2 aromatic rings. The lowest BCUT2D eigenvalue weighted by atomic mass is 10.1. The van der Waals surface area contributed by atoms with Crippen LogP contribution in [0.3, 0.4) is 0 Å². The summed E-state index contributed by atoms with van der Waals surface area (Å²) in [5.74, 6) is 1.24. The van der Waals surface area contributed by atoms with Gasteiger partial charge in [0.05, 0.1) is 12.6 Å². The second kappa shape index (κ2) is 7.21. The van der Waals surface area contributed by atoms with Gasteiger partial charge in [0, 0.05) is 38.3 Å². The Bertz CT molecular complexity index is 635. The summed E-state index contributed by atoms with van der Waals surface area (Å²) in [6, 6.07) is 8.20. The highest BCUT2D eigenvalue weighted by atomic mass is 16.4. The molecule has 0 saturated carbocycles. The fourth-order valence-electron chi connectivity index (χ4n) is 2.97. The summed E-state index contributed by atoms with van der Waals surface area (Å²) >= 11 is 0. The first-order valence-electron chi connectivity index (χ1n) is 8.15. The van der Waals surface area contributed by atoms with Crippen molar-refractivity contribution in [3.05, 3.63) is 35.7 Å². The molecule has 23 heavy (non-hydrogen) atoms. The molecule has 1 N–H and O–H groups in total. The molecule has 1 atom stereocenters. The molecule has 2 heterocycles. The molecule has 1 aromatic carbocycles. The van der Waals surface area contributed by atoms with Crippen LogP contribution in [0.25, 0.3) is 11.5 Å². The highest BCUT2D eigenvalue weighted by Crippen LogP contribution is 2.25. The van der Waals surface area contributed by atoms with Crippen molar-refractivity contribution < 1.29 is 9.52 Å². The Balaban J connectivity index is 1.66. The van der Waals surface area contributed by atoms with Gasteiger partial charge in [0.2, 0.25) is 11.8 Å². The van der Waals surface area contributed by atoms with Crippen LogP contribution in [0.2, 0.25) is 0 Å². The van der Waals surface area contributed by atoms with Crippen LogP contribution in [0, 0.1) is 6.92 Å². The normalized spacial score (nSPS) is 18.2. The molecule has 1 aliphatic rings. The van der Waals surface area contributed by atoms with E-state index in [0.717, 1.165) is 38.3 Å². The number of benzene rings is 1. The van der Waals surface area contributed by atoms with Gasteiger partial charge in [-0.2, -0.15) is 0 Å². The maximum Gasteiger partial charge on any atom is 0.247 e. The third-order valence-electron chi connectivity index (χ3n) is 4.43. The van der Waals surface area contributed by atoms with E-state index in [0.29, 0.717) is 11.8 Å². The Hall–Kier alpha value is -1.76. The van der Waals surface area contributed by atoms with Crippen LogP contribution in [0.1, 0.15) is 24.4 Å². The predicted octanol–water partition coefficient (Wildman–Crippen LogP) is 1.72. The summed E-state index contributed by atoms with van der Waals surface area (Å²) in [6.45, 7) is 8.95. The van der Waals surface area contributed by atoms with Crippen LogP contribution in [-0.4, -0.2) is 64.4 Å². The summed E-state index contributed by atoms with van der Waals surface area (Å²) in [4.78, 5) is 4.62. The number of nitrogens with zero attached hydrogens (tertiary/aromatic N) is 4. The number of aliphatic hydroxyl groups is 1. The first kappa shape index (κ1) is 16.1. The average molecular weight is 316 g/mol. The minimum atomic E-state index is 0.109. The molecule has 3 rings (SSSR count). The lowest BCUT2D eigenvalue weighted by Gasteiger charge is -2.36. The number of aryl methyl sites for hydroxylation is 1. The number of hydrogen-bond donors (Lipinski definition) is 1. The average Bonchev–Trinajstić information content (AvgIpc) is 3.05. The topological polar surface area (TPSA) is 65.6 Å². The number of β-amino-alcohol motifs (C(OH)–C–C–N with tert-alkyl or cyclic N) is 1. The Labute approximate surface area is 136 Å². The molecule has 0 unspecified atom stereocenters. The van der Waals surface area contributed by atoms with Crippen molar-refractivity contribution in [2.75, 3.05) is 39.3 Å². The highest BCUT2D eigenvalue weighted by Gasteiger charge is 2.25. The molecule has 1 aliphatic heterocycles. The molecule has 0 spiro atoms. The predicted molar refractivity (Wildman–Crippen MR) is 88.0 cm³/mol. The molecule has 1 fully saturated rings. The maximum absolute atomic E-state index is 9.01. The van der Waals surface area contributed by atoms with Crippen molar-refractivity contribution in [2.24, 2.45) is 0 Å². The van der Waals surface area contributed by atoms with E-state index in [-0.39, 0.29) is 12.6 Å². The Morgan fingerprint density at radius 2 is 2.00 bits per heavy atom. The number of hydrogen-bond acceptors (Lipinski definition) is 6. The molecule has 0 radical (unpaired) electrons. The first-order chi connectivity index (χ1) is 11.2. The Morgan fingerprint density at radius 1 is 1.22 bits per heavy atom. The second-order valence-electron chi connectivity index (χ2n) is 6.09. The molecule has 0 bridgehead atoms. The van der Waals surface area contributed by atoms with Crippen molar-refractivity contribution in [3.8, 4) is 11.5 Å². The highest BCUT2D eigenvalue weighted by molar-refractivity contribution is 5.53. The number of aromatic nitrogens is 2. The van der Waals surface area contributed by atoms with Crippen molar-refractivity contribution in [1.29, 1.82) is 0 Å². The van der Waals surface area contributed by atoms with E-state index in [2.05, 4.69) is 46.0 Å². The first-order valence-corrected chi connectivity index (χ1v) is 8.15. The molecule has 1 saturated heterocycles. The van der Waals surface area contributed by atoms with Crippen molar-refractivity contribution in [3.63, 3.8) is 0 Å². The van der Waals surface area contributed by atoms with Crippen LogP contribution in [0.15, 0.2) is 28.7 Å². The Morgan fingerprint density at radius 3 is 2.70 bits per heavy atom. The number of rotatable bonds is 5. The van der Waals surface area contributed by atoms with Crippen molar-refractivity contribution in [1.82, 2.24) is 20.0 Å². The lowest BCUT2D eigenvalue weighted by Crippen LogP contribution is -2.47. The Kier molecular flexibility index (Phi) is 5.05. The van der Waals surface area contributed by atoms with E-state index < -0.39 is 0 Å². The third kappa shape index (κ3) is 3.77. The quantitative estimate of drug-likeness (QED) is 0.906. The third-order valence-corrected chi connectivity index (χ3v) is 4.43. The van der Waals surface area contributed by atoms with Gasteiger partial charge in [0.1, 0.15) is 0 Å². The van der Waals surface area contributed by atoms with Crippen LogP contribution < -0.4 is 0 Å². The van der Waals surface area contributed by atoms with Crippen LogP contribution in [0.4, 0.5) is 0 Å². The molecule has 0 amide bonds. The maximum atomic E-state index is 9.01.